The number of carbonyl (C=O) groups is 1. The van der Waals surface area contributed by atoms with Crippen molar-refractivity contribution in [3.8, 4) is 11.8 Å². The molecule has 21 heavy (non-hydrogen) atoms. The SMILES string of the molecule is CC(C)(C)OC(=O)NCC#Cc1ccc(S(N)(=O)=O)cc1. The van der Waals surface area contributed by atoms with Crippen molar-refractivity contribution in [2.45, 2.75) is 31.3 Å². The third kappa shape index (κ3) is 6.79. The van der Waals surface area contributed by atoms with Crippen LogP contribution in [0.2, 0.25) is 0 Å². The second-order valence-electron chi connectivity index (χ2n) is 5.23. The molecular weight excluding hydrogens is 292 g/mol. The Bertz CT molecular complexity index is 662. The first-order valence-corrected chi connectivity index (χ1v) is 7.71. The number of carbonyl (C=O) groups excluding carboxylic acids is 1. The van der Waals surface area contributed by atoms with Crippen LogP contribution in [0.4, 0.5) is 4.79 Å². The van der Waals surface area contributed by atoms with Gasteiger partial charge in [0.15, 0.2) is 0 Å². The predicted octanol–water partition coefficient (Wildman–Crippen LogP) is 1.21. The molecule has 0 aliphatic rings. The zero-order valence-electron chi connectivity index (χ0n) is 12.1. The highest BCUT2D eigenvalue weighted by Gasteiger charge is 2.15. The minimum absolute atomic E-state index is 0.0277. The Hall–Kier alpha value is -2.04. The van der Waals surface area contributed by atoms with Crippen LogP contribution in [0.1, 0.15) is 26.3 Å². The minimum Gasteiger partial charge on any atom is -0.444 e. The number of rotatable bonds is 2. The summed E-state index contributed by atoms with van der Waals surface area (Å²) >= 11 is 0. The van der Waals surface area contributed by atoms with Crippen LogP contribution in [0.25, 0.3) is 0 Å². The fraction of sp³-hybridized carbons (Fsp3) is 0.357. The molecule has 0 fully saturated rings. The van der Waals surface area contributed by atoms with Gasteiger partial charge in [-0.25, -0.2) is 18.4 Å². The van der Waals surface area contributed by atoms with Crippen LogP contribution in [0.15, 0.2) is 29.2 Å². The van der Waals surface area contributed by atoms with Crippen LogP contribution < -0.4 is 10.5 Å². The van der Waals surface area contributed by atoms with Crippen LogP contribution in [0.5, 0.6) is 0 Å². The lowest BCUT2D eigenvalue weighted by Gasteiger charge is -2.18. The molecule has 1 rings (SSSR count). The van der Waals surface area contributed by atoms with Gasteiger partial charge in [0.25, 0.3) is 0 Å². The second kappa shape index (κ2) is 6.61. The fourth-order valence-electron chi connectivity index (χ4n) is 1.30. The topological polar surface area (TPSA) is 98.5 Å². The Morgan fingerprint density at radius 2 is 1.86 bits per heavy atom. The first-order chi connectivity index (χ1) is 9.58. The highest BCUT2D eigenvalue weighted by Crippen LogP contribution is 2.08. The first kappa shape index (κ1) is 17.0. The highest BCUT2D eigenvalue weighted by molar-refractivity contribution is 7.89. The number of hydrogen-bond acceptors (Lipinski definition) is 4. The van der Waals surface area contributed by atoms with Crippen molar-refractivity contribution >= 4 is 16.1 Å². The lowest BCUT2D eigenvalue weighted by Crippen LogP contribution is -2.32. The number of benzene rings is 1. The van der Waals surface area contributed by atoms with Crippen molar-refractivity contribution in [2.75, 3.05) is 6.54 Å². The van der Waals surface area contributed by atoms with Gasteiger partial charge in [-0.1, -0.05) is 11.8 Å². The summed E-state index contributed by atoms with van der Waals surface area (Å²) in [6, 6.07) is 5.84. The molecule has 0 aliphatic heterocycles. The fourth-order valence-corrected chi connectivity index (χ4v) is 1.82. The van der Waals surface area contributed by atoms with E-state index in [0.717, 1.165) is 0 Å². The van der Waals surface area contributed by atoms with Gasteiger partial charge >= 0.3 is 6.09 Å². The lowest BCUT2D eigenvalue weighted by atomic mass is 10.2. The number of alkyl carbamates (subject to hydrolysis) is 1. The van der Waals surface area contributed by atoms with Crippen LogP contribution in [0, 0.1) is 11.8 Å². The standard InChI is InChI=1S/C14H18N2O4S/c1-14(2,3)20-13(17)16-10-4-5-11-6-8-12(9-7-11)21(15,18)19/h6-9H,10H2,1-3H3,(H,16,17)(H2,15,18,19). The molecule has 0 bridgehead atoms. The van der Waals surface area contributed by atoms with E-state index < -0.39 is 21.7 Å². The summed E-state index contributed by atoms with van der Waals surface area (Å²) in [6.07, 6.45) is -0.540. The average Bonchev–Trinajstić information content (AvgIpc) is 2.32. The molecule has 0 saturated carbocycles. The van der Waals surface area contributed by atoms with Gasteiger partial charge in [0, 0.05) is 5.56 Å². The summed E-state index contributed by atoms with van der Waals surface area (Å²) in [6.45, 7) is 5.44. The molecule has 0 heterocycles. The Balaban J connectivity index is 2.55. The molecule has 1 aromatic carbocycles. The van der Waals surface area contributed by atoms with Gasteiger partial charge in [0.1, 0.15) is 5.60 Å². The molecule has 1 amide bonds. The molecule has 0 spiro atoms. The summed E-state index contributed by atoms with van der Waals surface area (Å²) in [7, 11) is -3.70. The number of sulfonamides is 1. The van der Waals surface area contributed by atoms with Crippen molar-refractivity contribution in [1.29, 1.82) is 0 Å². The van der Waals surface area contributed by atoms with E-state index in [4.69, 9.17) is 9.88 Å². The first-order valence-electron chi connectivity index (χ1n) is 6.16. The van der Waals surface area contributed by atoms with E-state index in [1.807, 2.05) is 0 Å². The number of ether oxygens (including phenoxy) is 1. The Labute approximate surface area is 124 Å². The largest absolute Gasteiger partial charge is 0.444 e. The van der Waals surface area contributed by atoms with E-state index >= 15 is 0 Å². The van der Waals surface area contributed by atoms with Gasteiger partial charge in [-0.2, -0.15) is 0 Å². The lowest BCUT2D eigenvalue weighted by molar-refractivity contribution is 0.0535. The van der Waals surface area contributed by atoms with Crippen LogP contribution >= 0.6 is 0 Å². The van der Waals surface area contributed by atoms with Crippen molar-refractivity contribution in [2.24, 2.45) is 5.14 Å². The summed E-state index contributed by atoms with van der Waals surface area (Å²) < 4.78 is 27.2. The number of nitrogens with one attached hydrogen (secondary N) is 1. The Morgan fingerprint density at radius 3 is 2.33 bits per heavy atom. The predicted molar refractivity (Wildman–Crippen MR) is 78.9 cm³/mol. The van der Waals surface area contributed by atoms with Gasteiger partial charge in [0.2, 0.25) is 10.0 Å². The van der Waals surface area contributed by atoms with Gasteiger partial charge in [0.05, 0.1) is 11.4 Å². The molecule has 0 saturated heterocycles. The quantitative estimate of drug-likeness (QED) is 0.802. The molecular formula is C14H18N2O4S. The Kier molecular flexibility index (Phi) is 5.35. The third-order valence-electron chi connectivity index (χ3n) is 2.14. The molecule has 114 valence electrons. The highest BCUT2D eigenvalue weighted by atomic mass is 32.2. The minimum atomic E-state index is -3.70. The van der Waals surface area contributed by atoms with Gasteiger partial charge in [-0.3, -0.25) is 0 Å². The van der Waals surface area contributed by atoms with Crippen molar-refractivity contribution in [3.05, 3.63) is 29.8 Å². The van der Waals surface area contributed by atoms with E-state index in [1.54, 1.807) is 32.9 Å². The second-order valence-corrected chi connectivity index (χ2v) is 6.79. The van der Waals surface area contributed by atoms with Crippen molar-refractivity contribution < 1.29 is 17.9 Å². The van der Waals surface area contributed by atoms with E-state index in [2.05, 4.69) is 17.2 Å². The monoisotopic (exact) mass is 310 g/mol. The summed E-state index contributed by atoms with van der Waals surface area (Å²) in [4.78, 5) is 11.4. The zero-order valence-corrected chi connectivity index (χ0v) is 13.0. The summed E-state index contributed by atoms with van der Waals surface area (Å²) in [5.74, 6) is 5.52. The number of amides is 1. The molecule has 7 heteroatoms. The molecule has 3 N–H and O–H groups in total. The maximum Gasteiger partial charge on any atom is 0.408 e. The molecule has 0 aliphatic carbocycles. The van der Waals surface area contributed by atoms with Crippen molar-refractivity contribution in [3.63, 3.8) is 0 Å². The Morgan fingerprint density at radius 1 is 1.29 bits per heavy atom. The average molecular weight is 310 g/mol. The smallest absolute Gasteiger partial charge is 0.408 e. The number of hydrogen-bond donors (Lipinski definition) is 2. The van der Waals surface area contributed by atoms with E-state index in [1.165, 1.54) is 12.1 Å². The maximum absolute atomic E-state index is 11.3. The molecule has 0 unspecified atom stereocenters. The number of nitrogens with two attached hydrogens (primary N) is 1. The summed E-state index contributed by atoms with van der Waals surface area (Å²) in [5.41, 5.74) is 0.0644. The van der Waals surface area contributed by atoms with Crippen LogP contribution in [-0.4, -0.2) is 26.7 Å². The normalized spacial score (nSPS) is 11.2. The summed E-state index contributed by atoms with van der Waals surface area (Å²) in [5, 5.41) is 7.48. The zero-order chi connectivity index (χ0) is 16.1. The van der Waals surface area contributed by atoms with Crippen molar-refractivity contribution in [1.82, 2.24) is 5.32 Å². The molecule has 0 radical (unpaired) electrons. The van der Waals surface area contributed by atoms with Gasteiger partial charge in [-0.05, 0) is 45.0 Å². The van der Waals surface area contributed by atoms with E-state index in [9.17, 15) is 13.2 Å². The third-order valence-corrected chi connectivity index (χ3v) is 3.06. The van der Waals surface area contributed by atoms with Crippen LogP contribution in [0.3, 0.4) is 0 Å². The molecule has 6 nitrogen and oxygen atoms in total. The maximum atomic E-state index is 11.3. The van der Waals surface area contributed by atoms with Gasteiger partial charge < -0.3 is 10.1 Å². The van der Waals surface area contributed by atoms with E-state index in [-0.39, 0.29) is 11.4 Å². The molecule has 1 aromatic rings. The van der Waals surface area contributed by atoms with Gasteiger partial charge in [-0.15, -0.1) is 0 Å². The van der Waals surface area contributed by atoms with Crippen LogP contribution in [-0.2, 0) is 14.8 Å². The molecule has 0 atom stereocenters. The molecule has 0 aromatic heterocycles. The van der Waals surface area contributed by atoms with E-state index in [0.29, 0.717) is 5.56 Å². The number of primary sulfonamides is 1.